The molecule has 1 fully saturated rings. The van der Waals surface area contributed by atoms with Crippen molar-refractivity contribution in [2.75, 3.05) is 26.2 Å². The standard InChI is InChI=1S/C18H24N4O2/c1-2-21-9-8-19-16(21)14-20-10-12-22(13-11-20)17(18(23)24)15-6-4-3-5-7-15/h3-9,17H,2,10-14H2,1H3,(H,23,24). The largest absolute Gasteiger partial charge is 0.480 e. The molecule has 0 amide bonds. The lowest BCUT2D eigenvalue weighted by molar-refractivity contribution is -0.144. The number of carbonyl (C=O) groups is 1. The highest BCUT2D eigenvalue weighted by molar-refractivity contribution is 5.75. The Hall–Kier alpha value is -2.18. The summed E-state index contributed by atoms with van der Waals surface area (Å²) in [5.74, 6) is 0.292. The van der Waals surface area contributed by atoms with Gasteiger partial charge in [0.25, 0.3) is 0 Å². The van der Waals surface area contributed by atoms with E-state index < -0.39 is 12.0 Å². The maximum absolute atomic E-state index is 11.8. The second-order valence-electron chi connectivity index (χ2n) is 6.09. The Labute approximate surface area is 142 Å². The summed E-state index contributed by atoms with van der Waals surface area (Å²) in [6, 6.07) is 8.92. The van der Waals surface area contributed by atoms with E-state index >= 15 is 0 Å². The van der Waals surface area contributed by atoms with Crippen LogP contribution in [0.5, 0.6) is 0 Å². The van der Waals surface area contributed by atoms with Crippen LogP contribution in [-0.4, -0.2) is 56.6 Å². The molecule has 3 rings (SSSR count). The van der Waals surface area contributed by atoms with Crippen molar-refractivity contribution < 1.29 is 9.90 Å². The van der Waals surface area contributed by atoms with Crippen LogP contribution >= 0.6 is 0 Å². The summed E-state index contributed by atoms with van der Waals surface area (Å²) in [5.41, 5.74) is 0.847. The number of benzene rings is 1. The predicted molar refractivity (Wildman–Crippen MR) is 91.6 cm³/mol. The summed E-state index contributed by atoms with van der Waals surface area (Å²) in [7, 11) is 0. The van der Waals surface area contributed by atoms with E-state index in [4.69, 9.17) is 0 Å². The van der Waals surface area contributed by atoms with Gasteiger partial charge in [0, 0.05) is 45.1 Å². The lowest BCUT2D eigenvalue weighted by atomic mass is 10.0. The summed E-state index contributed by atoms with van der Waals surface area (Å²) in [6.45, 7) is 7.06. The first-order valence-electron chi connectivity index (χ1n) is 8.43. The van der Waals surface area contributed by atoms with E-state index in [0.717, 1.165) is 50.7 Å². The molecular weight excluding hydrogens is 304 g/mol. The summed E-state index contributed by atoms with van der Waals surface area (Å²) >= 11 is 0. The summed E-state index contributed by atoms with van der Waals surface area (Å²) in [4.78, 5) is 20.6. The van der Waals surface area contributed by atoms with Gasteiger partial charge in [0.2, 0.25) is 0 Å². The maximum atomic E-state index is 11.8. The number of carboxylic acid groups (broad SMARTS) is 1. The number of hydrogen-bond acceptors (Lipinski definition) is 4. The number of piperazine rings is 1. The van der Waals surface area contributed by atoms with Crippen LogP contribution in [0.25, 0.3) is 0 Å². The molecule has 1 aliphatic heterocycles. The molecule has 0 bridgehead atoms. The van der Waals surface area contributed by atoms with Crippen molar-refractivity contribution in [3.63, 3.8) is 0 Å². The molecule has 24 heavy (non-hydrogen) atoms. The molecule has 6 heteroatoms. The summed E-state index contributed by atoms with van der Waals surface area (Å²) in [6.07, 6.45) is 3.84. The van der Waals surface area contributed by atoms with Crippen molar-refractivity contribution in [3.8, 4) is 0 Å². The van der Waals surface area contributed by atoms with Crippen LogP contribution in [0.4, 0.5) is 0 Å². The molecule has 1 aromatic heterocycles. The van der Waals surface area contributed by atoms with E-state index in [1.165, 1.54) is 0 Å². The minimum absolute atomic E-state index is 0.564. The van der Waals surface area contributed by atoms with Crippen LogP contribution in [-0.2, 0) is 17.9 Å². The molecule has 1 aromatic carbocycles. The average molecular weight is 328 g/mol. The molecule has 0 saturated carbocycles. The van der Waals surface area contributed by atoms with Gasteiger partial charge < -0.3 is 9.67 Å². The van der Waals surface area contributed by atoms with Crippen molar-refractivity contribution in [3.05, 3.63) is 54.1 Å². The van der Waals surface area contributed by atoms with E-state index in [1.54, 1.807) is 0 Å². The third-order valence-corrected chi connectivity index (χ3v) is 4.63. The van der Waals surface area contributed by atoms with Crippen molar-refractivity contribution >= 4 is 5.97 Å². The van der Waals surface area contributed by atoms with Crippen LogP contribution < -0.4 is 0 Å². The first-order chi connectivity index (χ1) is 11.7. The molecule has 0 spiro atoms. The highest BCUT2D eigenvalue weighted by Gasteiger charge is 2.30. The lowest BCUT2D eigenvalue weighted by Crippen LogP contribution is -2.49. The number of hydrogen-bond donors (Lipinski definition) is 1. The summed E-state index contributed by atoms with van der Waals surface area (Å²) < 4.78 is 2.15. The molecule has 6 nitrogen and oxygen atoms in total. The number of aliphatic carboxylic acids is 1. The van der Waals surface area contributed by atoms with Gasteiger partial charge in [-0.2, -0.15) is 0 Å². The fourth-order valence-corrected chi connectivity index (χ4v) is 3.30. The van der Waals surface area contributed by atoms with Gasteiger partial charge in [-0.15, -0.1) is 0 Å². The lowest BCUT2D eigenvalue weighted by Gasteiger charge is -2.37. The van der Waals surface area contributed by atoms with E-state index in [9.17, 15) is 9.90 Å². The Morgan fingerprint density at radius 3 is 2.54 bits per heavy atom. The van der Waals surface area contributed by atoms with Gasteiger partial charge in [-0.1, -0.05) is 30.3 Å². The first-order valence-corrected chi connectivity index (χ1v) is 8.43. The van der Waals surface area contributed by atoms with Gasteiger partial charge in [0.1, 0.15) is 11.9 Å². The first kappa shape index (κ1) is 16.7. The van der Waals surface area contributed by atoms with Gasteiger partial charge >= 0.3 is 5.97 Å². The average Bonchev–Trinajstić information content (AvgIpc) is 3.04. The molecule has 1 saturated heterocycles. The van der Waals surface area contributed by atoms with Crippen molar-refractivity contribution in [1.82, 2.24) is 19.4 Å². The molecule has 128 valence electrons. The van der Waals surface area contributed by atoms with E-state index in [1.807, 2.05) is 42.7 Å². The predicted octanol–water partition coefficient (Wildman–Crippen LogP) is 1.85. The van der Waals surface area contributed by atoms with Crippen molar-refractivity contribution in [2.45, 2.75) is 26.1 Å². The Kier molecular flexibility index (Phi) is 5.27. The van der Waals surface area contributed by atoms with Crippen LogP contribution in [0.2, 0.25) is 0 Å². The highest BCUT2D eigenvalue weighted by atomic mass is 16.4. The molecule has 2 heterocycles. The Bertz CT molecular complexity index is 663. The normalized spacial score (nSPS) is 17.7. The van der Waals surface area contributed by atoms with Crippen LogP contribution in [0.1, 0.15) is 24.4 Å². The van der Waals surface area contributed by atoms with Crippen molar-refractivity contribution in [2.24, 2.45) is 0 Å². The number of carboxylic acids is 1. The fourth-order valence-electron chi connectivity index (χ4n) is 3.30. The topological polar surface area (TPSA) is 61.6 Å². The molecule has 1 atom stereocenters. The van der Waals surface area contributed by atoms with Gasteiger partial charge in [-0.3, -0.25) is 14.6 Å². The quantitative estimate of drug-likeness (QED) is 0.877. The highest BCUT2D eigenvalue weighted by Crippen LogP contribution is 2.22. The van der Waals surface area contributed by atoms with Crippen LogP contribution in [0.15, 0.2) is 42.7 Å². The van der Waals surface area contributed by atoms with Gasteiger partial charge in [-0.25, -0.2) is 4.98 Å². The number of aromatic nitrogens is 2. The molecule has 2 aromatic rings. The number of aryl methyl sites for hydroxylation is 1. The van der Waals surface area contributed by atoms with Crippen molar-refractivity contribution in [1.29, 1.82) is 0 Å². The zero-order valence-electron chi connectivity index (χ0n) is 14.0. The third-order valence-electron chi connectivity index (χ3n) is 4.63. The zero-order valence-corrected chi connectivity index (χ0v) is 14.0. The van der Waals surface area contributed by atoms with E-state index in [-0.39, 0.29) is 0 Å². The monoisotopic (exact) mass is 328 g/mol. The zero-order chi connectivity index (χ0) is 16.9. The molecule has 1 N–H and O–H groups in total. The SMILES string of the molecule is CCn1ccnc1CN1CCN(C(C(=O)O)c2ccccc2)CC1. The Balaban J connectivity index is 1.62. The minimum Gasteiger partial charge on any atom is -0.480 e. The maximum Gasteiger partial charge on any atom is 0.325 e. The number of imidazole rings is 1. The van der Waals surface area contributed by atoms with Gasteiger partial charge in [0.05, 0.1) is 6.54 Å². The van der Waals surface area contributed by atoms with E-state index in [2.05, 4.69) is 26.3 Å². The molecular formula is C18H24N4O2. The fraction of sp³-hybridized carbons (Fsp3) is 0.444. The number of nitrogens with zero attached hydrogens (tertiary/aromatic N) is 4. The second kappa shape index (κ2) is 7.59. The molecule has 1 aliphatic rings. The smallest absolute Gasteiger partial charge is 0.325 e. The Morgan fingerprint density at radius 2 is 1.92 bits per heavy atom. The van der Waals surface area contributed by atoms with Gasteiger partial charge in [0.15, 0.2) is 0 Å². The summed E-state index contributed by atoms with van der Waals surface area (Å²) in [5, 5.41) is 9.65. The number of rotatable bonds is 6. The molecule has 0 radical (unpaired) electrons. The van der Waals surface area contributed by atoms with Gasteiger partial charge in [-0.05, 0) is 12.5 Å². The van der Waals surface area contributed by atoms with Crippen LogP contribution in [0, 0.1) is 0 Å². The minimum atomic E-state index is -0.781. The molecule has 0 aliphatic carbocycles. The third kappa shape index (κ3) is 3.66. The molecule has 1 unspecified atom stereocenters. The Morgan fingerprint density at radius 1 is 1.21 bits per heavy atom. The van der Waals surface area contributed by atoms with Crippen LogP contribution in [0.3, 0.4) is 0 Å². The second-order valence-corrected chi connectivity index (χ2v) is 6.09. The van der Waals surface area contributed by atoms with E-state index in [0.29, 0.717) is 0 Å².